The molecule has 19 heteroatoms. The van der Waals surface area contributed by atoms with E-state index < -0.39 is 98.5 Å². The van der Waals surface area contributed by atoms with E-state index in [1.807, 2.05) is 0 Å². The molecule has 7 N–H and O–H groups in total. The Bertz CT molecular complexity index is 2080. The Kier molecular flexibility index (Phi) is 15.6. The zero-order valence-electron chi connectivity index (χ0n) is 32.6. The average molecular weight is 853 g/mol. The number of esters is 4. The van der Waals surface area contributed by atoms with Crippen molar-refractivity contribution < 1.29 is 92.8 Å². The first-order chi connectivity index (χ1) is 29.1. The molecule has 61 heavy (non-hydrogen) atoms. The van der Waals surface area contributed by atoms with Crippen molar-refractivity contribution in [3.63, 3.8) is 0 Å². The molecule has 19 nitrogen and oxygen atoms in total. The largest absolute Gasteiger partial charge is 0.508 e. The first kappa shape index (κ1) is 45.8. The van der Waals surface area contributed by atoms with Crippen LogP contribution in [0.2, 0.25) is 0 Å². The van der Waals surface area contributed by atoms with Crippen LogP contribution in [0.5, 0.6) is 23.0 Å². The van der Waals surface area contributed by atoms with Crippen LogP contribution >= 0.6 is 0 Å². The van der Waals surface area contributed by atoms with E-state index in [9.17, 15) is 54.9 Å². The molecule has 0 amide bonds. The summed E-state index contributed by atoms with van der Waals surface area (Å²) in [6.07, 6.45) is -7.68. The zero-order valence-corrected chi connectivity index (χ0v) is 32.6. The van der Waals surface area contributed by atoms with Gasteiger partial charge < -0.3 is 73.6 Å². The van der Waals surface area contributed by atoms with E-state index in [2.05, 4.69) is 0 Å². The molecule has 5 rings (SSSR count). The number of aliphatic hydroxyl groups is 4. The standard InChI is InChI=1S/C42H44O19/c1-23(44)57-39-37(52)36(51)31(20-43)58-41(39)61-42(22-56-34(49)16-8-24-3-11-27(45)12-4-24)40(53)38(59-35(50)18-9-25-5-13-28(46)14-6-25)32(60-42)21-55-33(48)17-10-26-7-15-29(47)30(19-26)54-2/h3-19,31-32,36-41,43,45-47,51-53H,20-22H2,1-2H3. The minimum absolute atomic E-state index is 0.0235. The summed E-state index contributed by atoms with van der Waals surface area (Å²) in [5.74, 6) is -6.75. The fourth-order valence-corrected chi connectivity index (χ4v) is 6.10. The fraction of sp³-hybridized carbons (Fsp3) is 0.333. The van der Waals surface area contributed by atoms with Gasteiger partial charge in [-0.2, -0.15) is 0 Å². The van der Waals surface area contributed by atoms with Crippen molar-refractivity contribution in [2.24, 2.45) is 0 Å². The summed E-state index contributed by atoms with van der Waals surface area (Å²) in [5, 5.41) is 72.5. The van der Waals surface area contributed by atoms with Crippen LogP contribution in [0.1, 0.15) is 23.6 Å². The molecular weight excluding hydrogens is 808 g/mol. The van der Waals surface area contributed by atoms with Crippen LogP contribution in [0.15, 0.2) is 85.0 Å². The number of ether oxygens (including phenoxy) is 8. The van der Waals surface area contributed by atoms with Crippen LogP contribution < -0.4 is 4.74 Å². The second kappa shape index (κ2) is 20.8. The number of phenols is 3. The number of rotatable bonds is 16. The first-order valence-electron chi connectivity index (χ1n) is 18.5. The van der Waals surface area contributed by atoms with E-state index >= 15 is 0 Å². The molecule has 326 valence electrons. The third kappa shape index (κ3) is 12.1. The summed E-state index contributed by atoms with van der Waals surface area (Å²) >= 11 is 0. The van der Waals surface area contributed by atoms with Crippen LogP contribution in [-0.4, -0.2) is 141 Å². The normalized spacial score (nSPS) is 26.3. The average Bonchev–Trinajstić information content (AvgIpc) is 3.49. The molecule has 2 aliphatic rings. The molecule has 0 radical (unpaired) electrons. The van der Waals surface area contributed by atoms with Crippen LogP contribution in [0.4, 0.5) is 0 Å². The van der Waals surface area contributed by atoms with Crippen molar-refractivity contribution in [1.82, 2.24) is 0 Å². The lowest BCUT2D eigenvalue weighted by atomic mass is 9.98. The molecular formula is C42H44O19. The summed E-state index contributed by atoms with van der Waals surface area (Å²) in [6.45, 7) is -1.69. The van der Waals surface area contributed by atoms with Crippen molar-refractivity contribution in [3.8, 4) is 23.0 Å². The Morgan fingerprint density at radius 3 is 1.84 bits per heavy atom. The molecule has 0 saturated carbocycles. The number of methoxy groups -OCH3 is 1. The van der Waals surface area contributed by atoms with Gasteiger partial charge in [0.25, 0.3) is 0 Å². The van der Waals surface area contributed by atoms with Gasteiger partial charge in [-0.25, -0.2) is 14.4 Å². The lowest BCUT2D eigenvalue weighted by molar-refractivity contribution is -0.383. The lowest BCUT2D eigenvalue weighted by Gasteiger charge is -2.44. The fourth-order valence-electron chi connectivity index (χ4n) is 6.10. The van der Waals surface area contributed by atoms with E-state index in [1.165, 1.54) is 92.1 Å². The Hall–Kier alpha value is -6.32. The number of phenolic OH excluding ortho intramolecular Hbond substituents is 3. The van der Waals surface area contributed by atoms with E-state index in [-0.39, 0.29) is 23.0 Å². The SMILES string of the molecule is COc1cc(C=CC(=O)OCC2OC(COC(=O)C=Cc3ccc(O)cc3)(OC3OC(CO)C(O)C(O)C3OC(C)=O)C(O)C2OC(=O)C=Cc2ccc(O)cc2)ccc1O. The highest BCUT2D eigenvalue weighted by Crippen LogP contribution is 2.39. The molecule has 9 atom stereocenters. The molecule has 0 aromatic heterocycles. The summed E-state index contributed by atoms with van der Waals surface area (Å²) < 4.78 is 44.5. The van der Waals surface area contributed by atoms with Gasteiger partial charge in [-0.1, -0.05) is 30.3 Å². The van der Waals surface area contributed by atoms with E-state index in [0.717, 1.165) is 25.2 Å². The van der Waals surface area contributed by atoms with Crippen LogP contribution in [0.25, 0.3) is 18.2 Å². The number of hydrogen-bond acceptors (Lipinski definition) is 19. The Balaban J connectivity index is 1.47. The topological polar surface area (TPSA) is 284 Å². The second-order valence-electron chi connectivity index (χ2n) is 13.6. The maximum absolute atomic E-state index is 13.3. The van der Waals surface area contributed by atoms with Gasteiger partial charge in [-0.05, 0) is 71.3 Å². The first-order valence-corrected chi connectivity index (χ1v) is 18.5. The third-order valence-electron chi connectivity index (χ3n) is 9.20. The van der Waals surface area contributed by atoms with Crippen LogP contribution in [0.3, 0.4) is 0 Å². The number of carbonyl (C=O) groups excluding carboxylic acids is 4. The lowest BCUT2D eigenvalue weighted by Crippen LogP contribution is -2.63. The molecule has 2 fully saturated rings. The number of carbonyl (C=O) groups is 4. The van der Waals surface area contributed by atoms with Gasteiger partial charge in [-0.3, -0.25) is 4.79 Å². The van der Waals surface area contributed by atoms with Crippen molar-refractivity contribution >= 4 is 42.1 Å². The molecule has 2 aliphatic heterocycles. The molecule has 2 heterocycles. The molecule has 9 unspecified atom stereocenters. The molecule has 0 aliphatic carbocycles. The molecule has 2 saturated heterocycles. The van der Waals surface area contributed by atoms with Gasteiger partial charge in [0.2, 0.25) is 12.1 Å². The number of aromatic hydroxyl groups is 3. The Morgan fingerprint density at radius 2 is 1.26 bits per heavy atom. The van der Waals surface area contributed by atoms with Crippen molar-refractivity contribution in [2.75, 3.05) is 26.9 Å². The highest BCUT2D eigenvalue weighted by Gasteiger charge is 2.62. The Labute approximate surface area is 347 Å². The Morgan fingerprint density at radius 1 is 0.705 bits per heavy atom. The third-order valence-corrected chi connectivity index (χ3v) is 9.20. The molecule has 3 aromatic carbocycles. The van der Waals surface area contributed by atoms with Gasteiger partial charge in [0.05, 0.1) is 13.7 Å². The van der Waals surface area contributed by atoms with Crippen molar-refractivity contribution in [2.45, 2.75) is 61.7 Å². The van der Waals surface area contributed by atoms with E-state index in [4.69, 9.17) is 37.9 Å². The monoisotopic (exact) mass is 852 g/mol. The van der Waals surface area contributed by atoms with E-state index in [0.29, 0.717) is 16.7 Å². The molecule has 0 spiro atoms. The smallest absolute Gasteiger partial charge is 0.331 e. The van der Waals surface area contributed by atoms with Crippen LogP contribution in [-0.2, 0) is 52.3 Å². The van der Waals surface area contributed by atoms with Crippen LogP contribution in [0, 0.1) is 0 Å². The minimum atomic E-state index is -2.66. The predicted molar refractivity (Wildman–Crippen MR) is 208 cm³/mol. The zero-order chi connectivity index (χ0) is 44.3. The number of hydrogen-bond donors (Lipinski definition) is 7. The highest BCUT2D eigenvalue weighted by atomic mass is 16.8. The number of aliphatic hydroxyl groups excluding tert-OH is 4. The van der Waals surface area contributed by atoms with Crippen molar-refractivity contribution in [3.05, 3.63) is 102 Å². The second-order valence-corrected chi connectivity index (χ2v) is 13.6. The molecule has 0 bridgehead atoms. The maximum Gasteiger partial charge on any atom is 0.331 e. The van der Waals surface area contributed by atoms with E-state index in [1.54, 1.807) is 0 Å². The van der Waals surface area contributed by atoms with Gasteiger partial charge >= 0.3 is 23.9 Å². The number of benzene rings is 3. The van der Waals surface area contributed by atoms with Gasteiger partial charge in [0.1, 0.15) is 49.1 Å². The van der Waals surface area contributed by atoms with Gasteiger partial charge in [0, 0.05) is 25.2 Å². The minimum Gasteiger partial charge on any atom is -0.508 e. The van der Waals surface area contributed by atoms with Gasteiger partial charge in [-0.15, -0.1) is 0 Å². The van der Waals surface area contributed by atoms with Crippen molar-refractivity contribution in [1.29, 1.82) is 0 Å². The highest BCUT2D eigenvalue weighted by molar-refractivity contribution is 5.88. The summed E-state index contributed by atoms with van der Waals surface area (Å²) in [4.78, 5) is 51.4. The maximum atomic E-state index is 13.3. The summed E-state index contributed by atoms with van der Waals surface area (Å²) in [5.41, 5.74) is 1.38. The predicted octanol–water partition coefficient (Wildman–Crippen LogP) is 1.09. The summed E-state index contributed by atoms with van der Waals surface area (Å²) in [6, 6.07) is 15.7. The van der Waals surface area contributed by atoms with Gasteiger partial charge in [0.15, 0.2) is 29.8 Å². The molecule has 3 aromatic rings. The summed E-state index contributed by atoms with van der Waals surface area (Å²) in [7, 11) is 1.34. The quantitative estimate of drug-likeness (QED) is 0.0603.